The van der Waals surface area contributed by atoms with Crippen molar-refractivity contribution in [2.45, 2.75) is 70.1 Å². The number of benzene rings is 1. The van der Waals surface area contributed by atoms with Gasteiger partial charge in [-0.1, -0.05) is 13.0 Å². The van der Waals surface area contributed by atoms with Crippen LogP contribution in [0, 0.1) is 17.8 Å². The lowest BCUT2D eigenvalue weighted by Gasteiger charge is -2.39. The van der Waals surface area contributed by atoms with Gasteiger partial charge >= 0.3 is 6.36 Å². The number of hydrogen-bond donors (Lipinski definition) is 2. The molecule has 0 aromatic heterocycles. The largest absolute Gasteiger partial charge is 0.573 e. The lowest BCUT2D eigenvalue weighted by atomic mass is 9.89. The fraction of sp³-hybridized carbons (Fsp3) is 0.720. The molecule has 0 radical (unpaired) electrons. The number of carbonyl (C=O) groups is 1. The summed E-state index contributed by atoms with van der Waals surface area (Å²) >= 11 is 0. The number of carbonyl (C=O) groups excluding carboxylic acids is 1. The third-order valence-corrected chi connectivity index (χ3v) is 8.16. The summed E-state index contributed by atoms with van der Waals surface area (Å²) in [6.45, 7) is 7.05. The minimum absolute atomic E-state index is 0.106. The first-order chi connectivity index (χ1) is 16.6. The van der Waals surface area contributed by atoms with Crippen LogP contribution in [0.5, 0.6) is 5.75 Å². The minimum Gasteiger partial charge on any atom is -0.406 e. The summed E-state index contributed by atoms with van der Waals surface area (Å²) in [6.07, 6.45) is -1.21. The van der Waals surface area contributed by atoms with E-state index in [-0.39, 0.29) is 41.7 Å². The topological polar surface area (TPSA) is 68.3 Å². The predicted molar refractivity (Wildman–Crippen MR) is 125 cm³/mol. The number of alkyl halides is 3. The highest BCUT2D eigenvalue weighted by atomic mass is 19.4. The number of halogens is 3. The molecule has 3 unspecified atom stereocenters. The number of nitrogens with zero attached hydrogens (tertiary/aromatic N) is 3. The smallest absolute Gasteiger partial charge is 0.406 e. The number of ether oxygens (including phenoxy) is 1. The molecular weight excluding hydrogens is 461 g/mol. The van der Waals surface area contributed by atoms with Crippen LogP contribution in [-0.2, 0) is 4.79 Å². The number of hydrogen-bond acceptors (Lipinski definition) is 6. The van der Waals surface area contributed by atoms with Crippen molar-refractivity contribution in [1.29, 1.82) is 0 Å². The van der Waals surface area contributed by atoms with E-state index in [9.17, 15) is 23.1 Å². The quantitative estimate of drug-likeness (QED) is 0.654. The van der Waals surface area contributed by atoms with Crippen LogP contribution in [0.3, 0.4) is 0 Å². The molecule has 1 aromatic carbocycles. The van der Waals surface area contributed by atoms with E-state index in [1.165, 1.54) is 12.1 Å². The summed E-state index contributed by atoms with van der Waals surface area (Å²) in [5.74, 6) is 0.210. The van der Waals surface area contributed by atoms with E-state index in [2.05, 4.69) is 22.0 Å². The first-order valence-electron chi connectivity index (χ1n) is 12.7. The van der Waals surface area contributed by atoms with Gasteiger partial charge in [0.25, 0.3) is 0 Å². The molecule has 4 aliphatic rings. The second-order valence-corrected chi connectivity index (χ2v) is 10.7. The van der Waals surface area contributed by atoms with Gasteiger partial charge in [0.2, 0.25) is 5.91 Å². The number of likely N-dealkylation sites (tertiary alicyclic amines) is 2. The lowest BCUT2D eigenvalue weighted by molar-refractivity contribution is -0.274. The molecule has 35 heavy (non-hydrogen) atoms. The molecule has 1 saturated carbocycles. The average Bonchev–Trinajstić information content (AvgIpc) is 3.51. The normalized spacial score (nSPS) is 32.9. The van der Waals surface area contributed by atoms with Crippen LogP contribution >= 0.6 is 0 Å². The molecule has 3 aliphatic heterocycles. The zero-order chi connectivity index (χ0) is 24.9. The fourth-order valence-corrected chi connectivity index (χ4v) is 6.17. The monoisotopic (exact) mass is 496 g/mol. The van der Waals surface area contributed by atoms with E-state index in [4.69, 9.17) is 0 Å². The summed E-state index contributed by atoms with van der Waals surface area (Å²) in [5.41, 5.74) is 3.95. The fourth-order valence-electron chi connectivity index (χ4n) is 6.17. The summed E-state index contributed by atoms with van der Waals surface area (Å²) < 4.78 is 42.4. The summed E-state index contributed by atoms with van der Waals surface area (Å²) in [6, 6.07) is 6.12. The van der Waals surface area contributed by atoms with Gasteiger partial charge in [0.1, 0.15) is 5.75 Å². The lowest BCUT2D eigenvalue weighted by Crippen LogP contribution is -2.51. The Morgan fingerprint density at radius 3 is 2.43 bits per heavy atom. The Morgan fingerprint density at radius 2 is 1.83 bits per heavy atom. The van der Waals surface area contributed by atoms with Crippen molar-refractivity contribution >= 4 is 11.6 Å². The van der Waals surface area contributed by atoms with Crippen LogP contribution in [0.25, 0.3) is 0 Å². The molecule has 10 heteroatoms. The number of hydrazine groups is 1. The number of aliphatic hydroxyl groups is 1. The molecule has 2 N–H and O–H groups in total. The van der Waals surface area contributed by atoms with Gasteiger partial charge < -0.3 is 19.8 Å². The number of nitrogens with one attached hydrogen (secondary N) is 1. The van der Waals surface area contributed by atoms with Gasteiger partial charge in [-0.25, -0.2) is 5.43 Å². The van der Waals surface area contributed by atoms with Crippen molar-refractivity contribution in [2.75, 3.05) is 31.2 Å². The molecule has 1 aromatic rings. The Bertz CT molecular complexity index is 909. The number of aliphatic hydroxyl groups excluding tert-OH is 1. The molecule has 7 nitrogen and oxygen atoms in total. The maximum absolute atomic E-state index is 13.7. The highest BCUT2D eigenvalue weighted by Gasteiger charge is 2.52. The van der Waals surface area contributed by atoms with Gasteiger partial charge in [-0.15, -0.1) is 13.2 Å². The number of piperidine rings is 1. The van der Waals surface area contributed by atoms with Crippen molar-refractivity contribution in [3.8, 4) is 5.75 Å². The van der Waals surface area contributed by atoms with Crippen molar-refractivity contribution < 1.29 is 27.8 Å². The Kier molecular flexibility index (Phi) is 6.65. The SMILES string of the molecule is CC1NN(c2cccc(OC(F)(F)F)c2)C(C2CC2)C1C(=O)N1CCC(N2C[C@H](C)[C@@H](O)C2)CC1. The number of anilines is 1. The van der Waals surface area contributed by atoms with E-state index in [1.807, 2.05) is 16.8 Å². The first kappa shape index (κ1) is 24.6. The zero-order valence-corrected chi connectivity index (χ0v) is 20.2. The highest BCUT2D eigenvalue weighted by Crippen LogP contribution is 2.45. The van der Waals surface area contributed by atoms with E-state index in [0.29, 0.717) is 37.3 Å². The summed E-state index contributed by atoms with van der Waals surface area (Å²) in [4.78, 5) is 18.1. The third kappa shape index (κ3) is 5.24. The number of amides is 1. The average molecular weight is 497 g/mol. The van der Waals surface area contributed by atoms with Crippen LogP contribution in [0.4, 0.5) is 18.9 Å². The summed E-state index contributed by atoms with van der Waals surface area (Å²) in [5, 5.41) is 12.0. The molecule has 0 spiro atoms. The van der Waals surface area contributed by atoms with Crippen molar-refractivity contribution in [3.05, 3.63) is 24.3 Å². The molecule has 1 amide bonds. The molecule has 5 atom stereocenters. The molecule has 3 heterocycles. The second kappa shape index (κ2) is 9.44. The van der Waals surface area contributed by atoms with Gasteiger partial charge in [0, 0.05) is 44.3 Å². The molecular formula is C25H35F3N4O3. The maximum atomic E-state index is 13.7. The minimum atomic E-state index is -4.75. The second-order valence-electron chi connectivity index (χ2n) is 10.7. The predicted octanol–water partition coefficient (Wildman–Crippen LogP) is 3.00. The van der Waals surface area contributed by atoms with Crippen molar-refractivity contribution in [1.82, 2.24) is 15.2 Å². The van der Waals surface area contributed by atoms with Crippen molar-refractivity contribution in [3.63, 3.8) is 0 Å². The Hall–Kier alpha value is -2.04. The van der Waals surface area contributed by atoms with E-state index >= 15 is 0 Å². The molecule has 5 rings (SSSR count). The molecule has 194 valence electrons. The molecule has 4 fully saturated rings. The van der Waals surface area contributed by atoms with E-state index < -0.39 is 6.36 Å². The van der Waals surface area contributed by atoms with Gasteiger partial charge in [-0.3, -0.25) is 9.69 Å². The Balaban J connectivity index is 1.27. The first-order valence-corrected chi connectivity index (χ1v) is 12.7. The van der Waals surface area contributed by atoms with Crippen LogP contribution in [0.2, 0.25) is 0 Å². The molecule has 0 bridgehead atoms. The van der Waals surface area contributed by atoms with E-state index in [0.717, 1.165) is 32.2 Å². The van der Waals surface area contributed by atoms with Crippen LogP contribution in [0.15, 0.2) is 24.3 Å². The van der Waals surface area contributed by atoms with Crippen LogP contribution in [0.1, 0.15) is 39.5 Å². The highest BCUT2D eigenvalue weighted by molar-refractivity contribution is 5.82. The molecule has 3 saturated heterocycles. The Morgan fingerprint density at radius 1 is 1.11 bits per heavy atom. The number of β-amino-alcohol motifs (C(OH)–C–C–N with tert-alkyl or cyclic N) is 1. The Labute approximate surface area is 204 Å². The van der Waals surface area contributed by atoms with Crippen LogP contribution in [-0.4, -0.2) is 77.6 Å². The van der Waals surface area contributed by atoms with Gasteiger partial charge in [-0.05, 0) is 56.6 Å². The maximum Gasteiger partial charge on any atom is 0.573 e. The zero-order valence-electron chi connectivity index (χ0n) is 20.2. The number of rotatable bonds is 5. The van der Waals surface area contributed by atoms with Crippen molar-refractivity contribution in [2.24, 2.45) is 17.8 Å². The van der Waals surface area contributed by atoms with Gasteiger partial charge in [0.05, 0.1) is 23.8 Å². The van der Waals surface area contributed by atoms with E-state index in [1.54, 1.807) is 12.1 Å². The van der Waals surface area contributed by atoms with Gasteiger partial charge in [-0.2, -0.15) is 0 Å². The third-order valence-electron chi connectivity index (χ3n) is 8.16. The molecule has 1 aliphatic carbocycles. The standard InChI is InChI=1S/C25H35F3N4O3/c1-15-13-31(14-21(15)33)18-8-10-30(11-9-18)24(34)22-16(2)29-32(23(22)17-6-7-17)19-4-3-5-20(12-19)35-25(26,27)28/h3-5,12,15-18,21-23,29,33H,6-11,13-14H2,1-2H3/t15-,16?,21-,22?,23?/m0/s1. The van der Waals surface area contributed by atoms with Crippen LogP contribution < -0.4 is 15.2 Å². The summed E-state index contributed by atoms with van der Waals surface area (Å²) in [7, 11) is 0. The van der Waals surface area contributed by atoms with Gasteiger partial charge in [0.15, 0.2) is 0 Å².